The molecule has 0 radical (unpaired) electrons. The van der Waals surface area contributed by atoms with Gasteiger partial charge in [0.05, 0.1) is 6.61 Å². The number of nitrogens with one attached hydrogen (secondary N) is 1. The molecule has 1 aliphatic rings. The van der Waals surface area contributed by atoms with E-state index in [2.05, 4.69) is 5.32 Å². The van der Waals surface area contributed by atoms with Crippen molar-refractivity contribution in [1.29, 1.82) is 0 Å². The monoisotopic (exact) mass is 401 g/mol. The molecule has 7 heteroatoms. The number of esters is 2. The highest BCUT2D eigenvalue weighted by molar-refractivity contribution is 6.30. The van der Waals surface area contributed by atoms with Crippen LogP contribution in [0.25, 0.3) is 0 Å². The van der Waals surface area contributed by atoms with Crippen LogP contribution in [0.5, 0.6) is 0 Å². The summed E-state index contributed by atoms with van der Waals surface area (Å²) in [5, 5.41) is 3.36. The highest BCUT2D eigenvalue weighted by Gasteiger charge is 2.57. The Bertz CT molecular complexity index is 911. The molecule has 6 nitrogen and oxygen atoms in total. The summed E-state index contributed by atoms with van der Waals surface area (Å²) in [6.45, 7) is 2.94. The quantitative estimate of drug-likeness (QED) is 0.751. The van der Waals surface area contributed by atoms with Gasteiger partial charge in [0.25, 0.3) is 0 Å². The zero-order valence-electron chi connectivity index (χ0n) is 15.5. The van der Waals surface area contributed by atoms with Crippen molar-refractivity contribution in [3.05, 3.63) is 64.7 Å². The minimum absolute atomic E-state index is 0.0941. The lowest BCUT2D eigenvalue weighted by molar-refractivity contribution is -0.173. The first-order valence-corrected chi connectivity index (χ1v) is 9.25. The van der Waals surface area contributed by atoms with E-state index in [1.54, 1.807) is 55.5 Å². The first-order chi connectivity index (χ1) is 13.4. The summed E-state index contributed by atoms with van der Waals surface area (Å²) in [6.07, 6.45) is -1.30. The van der Waals surface area contributed by atoms with Crippen molar-refractivity contribution >= 4 is 35.1 Å². The minimum Gasteiger partial charge on any atom is -0.463 e. The second-order valence-corrected chi connectivity index (χ2v) is 6.95. The molecule has 2 aromatic carbocycles. The Hall–Kier alpha value is -2.86. The fourth-order valence-corrected chi connectivity index (χ4v) is 3.65. The van der Waals surface area contributed by atoms with Crippen molar-refractivity contribution in [2.75, 3.05) is 11.9 Å². The smallest absolute Gasteiger partial charge is 0.348 e. The normalized spacial score (nSPS) is 18.8. The summed E-state index contributed by atoms with van der Waals surface area (Å²) < 4.78 is 10.5. The molecule has 28 heavy (non-hydrogen) atoms. The van der Waals surface area contributed by atoms with Gasteiger partial charge in [0.1, 0.15) is 5.41 Å². The lowest BCUT2D eigenvalue weighted by atomic mass is 9.72. The van der Waals surface area contributed by atoms with Crippen molar-refractivity contribution < 1.29 is 23.9 Å². The number of carbonyl (C=O) groups is 3. The van der Waals surface area contributed by atoms with E-state index < -0.39 is 29.4 Å². The van der Waals surface area contributed by atoms with E-state index in [1.165, 1.54) is 6.92 Å². The Morgan fingerprint density at radius 3 is 2.46 bits per heavy atom. The third-order valence-electron chi connectivity index (χ3n) is 4.69. The van der Waals surface area contributed by atoms with Gasteiger partial charge in [0.2, 0.25) is 12.0 Å². The van der Waals surface area contributed by atoms with E-state index in [0.717, 1.165) is 5.56 Å². The van der Waals surface area contributed by atoms with Gasteiger partial charge in [-0.15, -0.1) is 0 Å². The average molecular weight is 402 g/mol. The third kappa shape index (κ3) is 3.60. The molecule has 2 aromatic rings. The lowest BCUT2D eigenvalue weighted by Gasteiger charge is -2.33. The number of hydrogen-bond donors (Lipinski definition) is 1. The minimum atomic E-state index is -1.46. The Morgan fingerprint density at radius 1 is 1.14 bits per heavy atom. The molecular formula is C21H20ClNO5. The van der Waals surface area contributed by atoms with Gasteiger partial charge in [0.15, 0.2) is 0 Å². The predicted molar refractivity (Wildman–Crippen MR) is 104 cm³/mol. The molecule has 1 aliphatic heterocycles. The van der Waals surface area contributed by atoms with Crippen LogP contribution in [0.15, 0.2) is 48.5 Å². The van der Waals surface area contributed by atoms with Gasteiger partial charge < -0.3 is 14.8 Å². The van der Waals surface area contributed by atoms with Crippen LogP contribution in [-0.4, -0.2) is 30.6 Å². The summed E-state index contributed by atoms with van der Waals surface area (Å²) in [4.78, 5) is 37.8. The number of anilines is 1. The van der Waals surface area contributed by atoms with Crippen LogP contribution in [0.3, 0.4) is 0 Å². The van der Waals surface area contributed by atoms with Gasteiger partial charge in [-0.3, -0.25) is 9.59 Å². The van der Waals surface area contributed by atoms with Crippen LogP contribution in [0.2, 0.25) is 5.02 Å². The van der Waals surface area contributed by atoms with E-state index in [1.807, 2.05) is 0 Å². The number of carbonyl (C=O) groups excluding carboxylic acids is 3. The molecule has 1 N–H and O–H groups in total. The maximum absolute atomic E-state index is 13.2. The summed E-state index contributed by atoms with van der Waals surface area (Å²) in [5.41, 5.74) is 0.456. The van der Waals surface area contributed by atoms with E-state index in [0.29, 0.717) is 16.3 Å². The van der Waals surface area contributed by atoms with Crippen molar-refractivity contribution in [2.45, 2.75) is 31.8 Å². The van der Waals surface area contributed by atoms with Crippen molar-refractivity contribution in [2.24, 2.45) is 0 Å². The molecule has 0 fully saturated rings. The van der Waals surface area contributed by atoms with Gasteiger partial charge in [-0.25, -0.2) is 4.79 Å². The highest BCUT2D eigenvalue weighted by atomic mass is 35.5. The fourth-order valence-electron chi connectivity index (χ4n) is 3.52. The zero-order valence-corrected chi connectivity index (χ0v) is 16.3. The number of halogens is 1. The Labute approximate surface area is 167 Å². The molecule has 0 spiro atoms. The van der Waals surface area contributed by atoms with Crippen molar-refractivity contribution in [1.82, 2.24) is 0 Å². The van der Waals surface area contributed by atoms with Crippen LogP contribution >= 0.6 is 11.6 Å². The van der Waals surface area contributed by atoms with E-state index in [4.69, 9.17) is 21.1 Å². The summed E-state index contributed by atoms with van der Waals surface area (Å²) in [7, 11) is 0. The number of hydrogen-bond acceptors (Lipinski definition) is 5. The second kappa shape index (κ2) is 8.02. The maximum Gasteiger partial charge on any atom is 0.348 e. The second-order valence-electron chi connectivity index (χ2n) is 6.52. The van der Waals surface area contributed by atoms with E-state index >= 15 is 0 Å². The van der Waals surface area contributed by atoms with Crippen molar-refractivity contribution in [3.63, 3.8) is 0 Å². The van der Waals surface area contributed by atoms with Crippen LogP contribution in [-0.2, 0) is 35.7 Å². The summed E-state index contributed by atoms with van der Waals surface area (Å²) >= 11 is 5.97. The first-order valence-electron chi connectivity index (χ1n) is 8.87. The molecule has 0 saturated carbocycles. The summed E-state index contributed by atoms with van der Waals surface area (Å²) in [6, 6.07) is 14.0. The third-order valence-corrected chi connectivity index (χ3v) is 4.94. The van der Waals surface area contributed by atoms with Gasteiger partial charge in [-0.05, 0) is 42.7 Å². The zero-order chi connectivity index (χ0) is 20.3. The van der Waals surface area contributed by atoms with Crippen LogP contribution in [0.4, 0.5) is 5.69 Å². The van der Waals surface area contributed by atoms with Crippen molar-refractivity contribution in [3.8, 4) is 0 Å². The molecule has 0 saturated heterocycles. The largest absolute Gasteiger partial charge is 0.463 e. The standard InChI is InChI=1S/C21H20ClNO5/c1-3-27-19(25)18(28-13(2)24)21(12-14-8-10-15(22)11-9-14)16-6-4-5-7-17(16)23-20(21)26/h4-11,18H,3,12H2,1-2H3,(H,23,26)/t18-,21+/m0/s1. The molecule has 0 aromatic heterocycles. The van der Waals surface area contributed by atoms with Crippen LogP contribution in [0, 0.1) is 0 Å². The van der Waals surface area contributed by atoms with Gasteiger partial charge in [-0.1, -0.05) is 41.9 Å². The predicted octanol–water partition coefficient (Wildman–Crippen LogP) is 3.27. The lowest BCUT2D eigenvalue weighted by Crippen LogP contribution is -2.53. The SMILES string of the molecule is CCOC(=O)[C@H](OC(C)=O)[C@]1(Cc2ccc(Cl)cc2)C(=O)Nc2ccccc21. The molecular weight excluding hydrogens is 382 g/mol. The van der Waals surface area contributed by atoms with Crippen LogP contribution in [0.1, 0.15) is 25.0 Å². The molecule has 2 atom stereocenters. The molecule has 0 bridgehead atoms. The molecule has 0 unspecified atom stereocenters. The highest BCUT2D eigenvalue weighted by Crippen LogP contribution is 2.44. The van der Waals surface area contributed by atoms with Gasteiger partial charge in [-0.2, -0.15) is 0 Å². The Kier molecular flexibility index (Phi) is 5.70. The summed E-state index contributed by atoms with van der Waals surface area (Å²) in [5.74, 6) is -1.87. The first kappa shape index (κ1) is 19.9. The topological polar surface area (TPSA) is 81.7 Å². The van der Waals surface area contributed by atoms with Gasteiger partial charge >= 0.3 is 11.9 Å². The molecule has 1 amide bonds. The Morgan fingerprint density at radius 2 is 1.82 bits per heavy atom. The number of ether oxygens (including phenoxy) is 2. The molecule has 146 valence electrons. The maximum atomic E-state index is 13.2. The number of amides is 1. The number of fused-ring (bicyclic) bond motifs is 1. The van der Waals surface area contributed by atoms with E-state index in [9.17, 15) is 14.4 Å². The molecule has 0 aliphatic carbocycles. The molecule has 1 heterocycles. The number of para-hydroxylation sites is 1. The fraction of sp³-hybridized carbons (Fsp3) is 0.286. The van der Waals surface area contributed by atoms with Gasteiger partial charge in [0, 0.05) is 17.6 Å². The number of rotatable bonds is 6. The number of benzene rings is 2. The average Bonchev–Trinajstić information content (AvgIpc) is 2.94. The van der Waals surface area contributed by atoms with E-state index in [-0.39, 0.29) is 13.0 Å². The molecule has 3 rings (SSSR count). The van der Waals surface area contributed by atoms with Crippen LogP contribution < -0.4 is 5.32 Å². The Balaban J connectivity index is 2.18.